The standard InChI is InChI=1S/C42H53OPSi/c1-40(2,3)45(36-12-6-4-7-13-36,37-14-8-5-9-15-37)43-38-16-10-11-17-39(38)44(41-24-30-18-31(25-41)20-32(19-30)26-41)42-27-33-21-34(28-42)23-35(22-33)29-42/h4-17,30-35H,18-29H2,1-3H3. The molecule has 8 bridgehead atoms. The summed E-state index contributed by atoms with van der Waals surface area (Å²) in [5.41, 5.74) is 0. The molecule has 45 heavy (non-hydrogen) atoms. The van der Waals surface area contributed by atoms with Crippen LogP contribution in [0, 0.1) is 35.5 Å². The first kappa shape index (κ1) is 29.3. The second kappa shape index (κ2) is 10.6. The Morgan fingerprint density at radius 1 is 0.533 bits per heavy atom. The van der Waals surface area contributed by atoms with E-state index in [1.165, 1.54) is 93.2 Å². The van der Waals surface area contributed by atoms with Crippen molar-refractivity contribution >= 4 is 31.9 Å². The van der Waals surface area contributed by atoms with Crippen molar-refractivity contribution in [3.63, 3.8) is 0 Å². The van der Waals surface area contributed by atoms with E-state index in [1.54, 1.807) is 5.30 Å². The third-order valence-corrected chi connectivity index (χ3v) is 22.5. The SMILES string of the molecule is CC(C)(C)[Si](Oc1ccccc1P(C12CC3CC(CC(C3)C1)C2)C12CC3CC(CC(C3)C1)C2)(c1ccccc1)c1ccccc1. The van der Waals surface area contributed by atoms with Gasteiger partial charge in [-0.15, -0.1) is 0 Å². The van der Waals surface area contributed by atoms with Gasteiger partial charge in [0.15, 0.2) is 0 Å². The third kappa shape index (κ3) is 4.62. The molecule has 0 heterocycles. The molecule has 8 fully saturated rings. The lowest BCUT2D eigenvalue weighted by atomic mass is 9.55. The minimum atomic E-state index is -2.73. The van der Waals surface area contributed by atoms with Crippen molar-refractivity contribution in [1.82, 2.24) is 0 Å². The topological polar surface area (TPSA) is 9.23 Å². The third-order valence-electron chi connectivity index (χ3n) is 13.7. The summed E-state index contributed by atoms with van der Waals surface area (Å²) in [6.07, 6.45) is 18.3. The lowest BCUT2D eigenvalue weighted by molar-refractivity contribution is 0.0195. The van der Waals surface area contributed by atoms with Crippen LogP contribution in [0.5, 0.6) is 5.75 Å². The van der Waals surface area contributed by atoms with Crippen LogP contribution in [0.4, 0.5) is 0 Å². The molecule has 0 aromatic heterocycles. The van der Waals surface area contributed by atoms with Crippen molar-refractivity contribution in [3.05, 3.63) is 84.9 Å². The molecule has 8 saturated carbocycles. The molecule has 0 N–H and O–H groups in total. The van der Waals surface area contributed by atoms with Crippen LogP contribution in [0.3, 0.4) is 0 Å². The summed E-state index contributed by atoms with van der Waals surface area (Å²) in [6, 6.07) is 32.5. The number of para-hydroxylation sites is 1. The van der Waals surface area contributed by atoms with E-state index < -0.39 is 8.32 Å². The second-order valence-corrected chi connectivity index (χ2v) is 25.1. The van der Waals surface area contributed by atoms with Crippen molar-refractivity contribution in [2.24, 2.45) is 35.5 Å². The van der Waals surface area contributed by atoms with E-state index in [9.17, 15) is 0 Å². The molecule has 0 atom stereocenters. The van der Waals surface area contributed by atoms with E-state index in [4.69, 9.17) is 4.43 Å². The molecule has 8 aliphatic carbocycles. The van der Waals surface area contributed by atoms with Crippen LogP contribution in [0.15, 0.2) is 84.9 Å². The molecule has 0 saturated heterocycles. The van der Waals surface area contributed by atoms with Gasteiger partial charge in [-0.1, -0.05) is 108 Å². The first-order valence-corrected chi connectivity index (χ1v) is 21.7. The first-order valence-electron chi connectivity index (χ1n) is 18.4. The number of benzene rings is 3. The van der Waals surface area contributed by atoms with Crippen LogP contribution in [0.1, 0.15) is 97.8 Å². The Bertz CT molecular complexity index is 1390. The fraction of sp³-hybridized carbons (Fsp3) is 0.571. The normalized spacial score (nSPS) is 37.1. The van der Waals surface area contributed by atoms with Crippen LogP contribution in [-0.2, 0) is 0 Å². The summed E-state index contributed by atoms with van der Waals surface area (Å²) in [5, 5.41) is 5.48. The Labute approximate surface area is 274 Å². The second-order valence-electron chi connectivity index (χ2n) is 17.9. The Hall–Kier alpha value is -1.89. The molecule has 0 spiro atoms. The number of hydrogen-bond donors (Lipinski definition) is 0. The van der Waals surface area contributed by atoms with Crippen LogP contribution < -0.4 is 20.1 Å². The van der Waals surface area contributed by atoms with Crippen molar-refractivity contribution in [2.75, 3.05) is 0 Å². The average molecular weight is 633 g/mol. The summed E-state index contributed by atoms with van der Waals surface area (Å²) in [7, 11) is -3.09. The van der Waals surface area contributed by atoms with Crippen molar-refractivity contribution in [2.45, 2.75) is 113 Å². The van der Waals surface area contributed by atoms with Gasteiger partial charge in [0.1, 0.15) is 5.75 Å². The van der Waals surface area contributed by atoms with Crippen molar-refractivity contribution in [3.8, 4) is 5.75 Å². The molecular weight excluding hydrogens is 580 g/mol. The zero-order valence-corrected chi connectivity index (χ0v) is 29.8. The maximum absolute atomic E-state index is 8.03. The molecule has 0 unspecified atom stereocenters. The monoisotopic (exact) mass is 632 g/mol. The van der Waals surface area contributed by atoms with Crippen LogP contribution in [-0.4, -0.2) is 18.6 Å². The van der Waals surface area contributed by atoms with Gasteiger partial charge in [-0.3, -0.25) is 0 Å². The largest absolute Gasteiger partial charge is 0.534 e. The molecule has 0 radical (unpaired) electrons. The van der Waals surface area contributed by atoms with Gasteiger partial charge in [0, 0.05) is 5.30 Å². The molecule has 3 aromatic rings. The highest BCUT2D eigenvalue weighted by molar-refractivity contribution is 7.69. The zero-order valence-electron chi connectivity index (χ0n) is 27.9. The molecule has 1 nitrogen and oxygen atoms in total. The van der Waals surface area contributed by atoms with Gasteiger partial charge in [0.25, 0.3) is 0 Å². The molecular formula is C42H53OPSi. The Balaban J connectivity index is 1.24. The Kier molecular flexibility index (Phi) is 6.86. The van der Waals surface area contributed by atoms with E-state index in [-0.39, 0.29) is 13.0 Å². The maximum atomic E-state index is 8.03. The van der Waals surface area contributed by atoms with Crippen molar-refractivity contribution in [1.29, 1.82) is 0 Å². The van der Waals surface area contributed by atoms with Gasteiger partial charge in [0.2, 0.25) is 0 Å². The van der Waals surface area contributed by atoms with E-state index in [0.29, 0.717) is 10.3 Å². The molecule has 11 rings (SSSR count). The predicted octanol–water partition coefficient (Wildman–Crippen LogP) is 9.67. The molecule has 3 aromatic carbocycles. The predicted molar refractivity (Wildman–Crippen MR) is 193 cm³/mol. The lowest BCUT2D eigenvalue weighted by Gasteiger charge is -2.67. The highest BCUT2D eigenvalue weighted by Crippen LogP contribution is 2.78. The highest BCUT2D eigenvalue weighted by Gasteiger charge is 2.64. The van der Waals surface area contributed by atoms with Crippen LogP contribution in [0.2, 0.25) is 5.04 Å². The highest BCUT2D eigenvalue weighted by atomic mass is 31.1. The first-order chi connectivity index (χ1) is 21.8. The van der Waals surface area contributed by atoms with E-state index in [0.717, 1.165) is 35.5 Å². The zero-order chi connectivity index (χ0) is 30.4. The number of rotatable bonds is 7. The van der Waals surface area contributed by atoms with Gasteiger partial charge in [-0.05, 0) is 144 Å². The van der Waals surface area contributed by atoms with E-state index in [1.807, 2.05) is 0 Å². The van der Waals surface area contributed by atoms with Crippen LogP contribution >= 0.6 is 7.92 Å². The average Bonchev–Trinajstić information content (AvgIpc) is 2.99. The van der Waals surface area contributed by atoms with E-state index >= 15 is 0 Å². The van der Waals surface area contributed by atoms with Crippen LogP contribution in [0.25, 0.3) is 0 Å². The summed E-state index contributed by atoms with van der Waals surface area (Å²) in [6.45, 7) is 7.34. The minimum absolute atomic E-state index is 0.0348. The lowest BCUT2D eigenvalue weighted by Crippen LogP contribution is -2.69. The summed E-state index contributed by atoms with van der Waals surface area (Å²) < 4.78 is 8.03. The summed E-state index contributed by atoms with van der Waals surface area (Å²) >= 11 is 0. The molecule has 236 valence electrons. The van der Waals surface area contributed by atoms with Gasteiger partial charge < -0.3 is 4.43 Å². The summed E-state index contributed by atoms with van der Waals surface area (Å²) in [4.78, 5) is 0. The van der Waals surface area contributed by atoms with Gasteiger partial charge in [0.05, 0.1) is 0 Å². The van der Waals surface area contributed by atoms with Gasteiger partial charge in [-0.25, -0.2) is 0 Å². The van der Waals surface area contributed by atoms with Crippen molar-refractivity contribution < 1.29 is 4.43 Å². The van der Waals surface area contributed by atoms with E-state index in [2.05, 4.69) is 106 Å². The van der Waals surface area contributed by atoms with Gasteiger partial charge in [-0.2, -0.15) is 0 Å². The fourth-order valence-corrected chi connectivity index (χ4v) is 23.0. The fourth-order valence-electron chi connectivity index (χ4n) is 13.2. The smallest absolute Gasteiger partial charge is 0.319 e. The Morgan fingerprint density at radius 2 is 0.889 bits per heavy atom. The molecule has 0 amide bonds. The Morgan fingerprint density at radius 3 is 1.27 bits per heavy atom. The molecule has 0 aliphatic heterocycles. The summed E-state index contributed by atoms with van der Waals surface area (Å²) in [5.74, 6) is 7.17. The number of hydrogen-bond acceptors (Lipinski definition) is 1. The maximum Gasteiger partial charge on any atom is 0.319 e. The molecule has 3 heteroatoms. The van der Waals surface area contributed by atoms with Gasteiger partial charge >= 0.3 is 8.32 Å². The quantitative estimate of drug-likeness (QED) is 0.186. The molecule has 8 aliphatic rings. The minimum Gasteiger partial charge on any atom is -0.534 e.